The first-order valence-corrected chi connectivity index (χ1v) is 10.0. The van der Waals surface area contributed by atoms with E-state index in [4.69, 9.17) is 21.1 Å². The van der Waals surface area contributed by atoms with Crippen molar-refractivity contribution in [3.63, 3.8) is 0 Å². The minimum Gasteiger partial charge on any atom is -0.490 e. The lowest BCUT2D eigenvalue weighted by molar-refractivity contribution is -0.116. The van der Waals surface area contributed by atoms with Gasteiger partial charge in [0.1, 0.15) is 0 Å². The number of carbonyl (C=O) groups excluding carboxylic acids is 2. The van der Waals surface area contributed by atoms with E-state index in [9.17, 15) is 9.59 Å². The van der Waals surface area contributed by atoms with Crippen LogP contribution >= 0.6 is 11.6 Å². The van der Waals surface area contributed by atoms with Gasteiger partial charge < -0.3 is 14.8 Å². The fourth-order valence-corrected chi connectivity index (χ4v) is 3.81. The molecule has 1 aliphatic heterocycles. The molecule has 0 aromatic heterocycles. The number of anilines is 1. The molecule has 0 spiro atoms. The second kappa shape index (κ2) is 8.23. The van der Waals surface area contributed by atoms with Crippen LogP contribution in [0.15, 0.2) is 30.3 Å². The molecule has 0 fully saturated rings. The number of Topliss-reactive ketones (excluding diaryl/α,β-unsaturated/α-hetero) is 1. The summed E-state index contributed by atoms with van der Waals surface area (Å²) in [5.41, 5.74) is 3.73. The van der Waals surface area contributed by atoms with Crippen LogP contribution in [0.25, 0.3) is 0 Å². The number of ether oxygens (including phenoxy) is 2. The summed E-state index contributed by atoms with van der Waals surface area (Å²) in [6, 6.07) is 9.19. The molecule has 1 amide bonds. The van der Waals surface area contributed by atoms with Crippen molar-refractivity contribution in [1.29, 1.82) is 0 Å². The van der Waals surface area contributed by atoms with E-state index < -0.39 is 0 Å². The molecule has 1 aliphatic carbocycles. The number of rotatable bonds is 5. The average Bonchev–Trinajstić information content (AvgIpc) is 3.05. The SMILES string of the molecule is O=C(CCC(=O)c1ccc2c(c1)CCC2)Nc1cc2c(cc1Cl)OCCCO2. The Morgan fingerprint density at radius 1 is 0.929 bits per heavy atom. The van der Waals surface area contributed by atoms with Gasteiger partial charge in [-0.05, 0) is 36.5 Å². The van der Waals surface area contributed by atoms with Gasteiger partial charge >= 0.3 is 0 Å². The zero-order valence-electron chi connectivity index (χ0n) is 15.6. The number of hydrogen-bond donors (Lipinski definition) is 1. The molecule has 6 heteroatoms. The van der Waals surface area contributed by atoms with Crippen LogP contribution in [0.5, 0.6) is 11.5 Å². The number of carbonyl (C=O) groups is 2. The molecule has 28 heavy (non-hydrogen) atoms. The standard InChI is InChI=1S/C22H22ClNO4/c23-17-12-20-21(28-10-2-9-27-20)13-18(17)24-22(26)8-7-19(25)16-6-5-14-3-1-4-15(14)11-16/h5-6,11-13H,1-4,7-10H2,(H,24,26). The fraction of sp³-hybridized carbons (Fsp3) is 0.364. The first-order chi connectivity index (χ1) is 13.6. The van der Waals surface area contributed by atoms with Crippen molar-refractivity contribution in [1.82, 2.24) is 0 Å². The van der Waals surface area contributed by atoms with Gasteiger partial charge in [-0.25, -0.2) is 0 Å². The predicted molar refractivity (Wildman–Crippen MR) is 108 cm³/mol. The lowest BCUT2D eigenvalue weighted by Gasteiger charge is -2.12. The molecular formula is C22H22ClNO4. The third kappa shape index (κ3) is 4.14. The van der Waals surface area contributed by atoms with Crippen LogP contribution in [0.3, 0.4) is 0 Å². The van der Waals surface area contributed by atoms with Crippen LogP contribution in [-0.4, -0.2) is 24.9 Å². The summed E-state index contributed by atoms with van der Waals surface area (Å²) in [5.74, 6) is 0.860. The van der Waals surface area contributed by atoms with Crippen LogP contribution < -0.4 is 14.8 Å². The Kier molecular flexibility index (Phi) is 5.53. The van der Waals surface area contributed by atoms with E-state index >= 15 is 0 Å². The van der Waals surface area contributed by atoms with Crippen molar-refractivity contribution >= 4 is 29.0 Å². The van der Waals surface area contributed by atoms with E-state index in [1.165, 1.54) is 11.1 Å². The number of ketones is 1. The van der Waals surface area contributed by atoms with Crippen LogP contribution in [-0.2, 0) is 17.6 Å². The number of fused-ring (bicyclic) bond motifs is 2. The first kappa shape index (κ1) is 18.8. The predicted octanol–water partition coefficient (Wildman–Crippen LogP) is 4.59. The summed E-state index contributed by atoms with van der Waals surface area (Å²) in [7, 11) is 0. The Morgan fingerprint density at radius 3 is 2.50 bits per heavy atom. The van der Waals surface area contributed by atoms with E-state index in [0.717, 1.165) is 25.7 Å². The van der Waals surface area contributed by atoms with E-state index in [0.29, 0.717) is 41.0 Å². The van der Waals surface area contributed by atoms with Crippen molar-refractivity contribution in [3.8, 4) is 11.5 Å². The molecule has 5 nitrogen and oxygen atoms in total. The number of amides is 1. The minimum atomic E-state index is -0.258. The molecule has 2 aromatic rings. The molecule has 0 saturated carbocycles. The number of nitrogens with one attached hydrogen (secondary N) is 1. The van der Waals surface area contributed by atoms with Gasteiger partial charge in [0, 0.05) is 37.0 Å². The zero-order valence-corrected chi connectivity index (χ0v) is 16.3. The number of hydrogen-bond acceptors (Lipinski definition) is 4. The van der Waals surface area contributed by atoms with Crippen LogP contribution in [0.4, 0.5) is 5.69 Å². The highest BCUT2D eigenvalue weighted by atomic mass is 35.5. The van der Waals surface area contributed by atoms with Gasteiger partial charge in [-0.15, -0.1) is 0 Å². The molecule has 4 rings (SSSR count). The van der Waals surface area contributed by atoms with E-state index in [-0.39, 0.29) is 24.5 Å². The highest BCUT2D eigenvalue weighted by Crippen LogP contribution is 2.37. The Labute approximate surface area is 169 Å². The van der Waals surface area contributed by atoms with E-state index in [1.54, 1.807) is 12.1 Å². The number of benzene rings is 2. The van der Waals surface area contributed by atoms with Gasteiger partial charge in [0.2, 0.25) is 5.91 Å². The maximum Gasteiger partial charge on any atom is 0.224 e. The fourth-order valence-electron chi connectivity index (χ4n) is 3.61. The van der Waals surface area contributed by atoms with Crippen molar-refractivity contribution < 1.29 is 19.1 Å². The van der Waals surface area contributed by atoms with Crippen molar-refractivity contribution in [2.75, 3.05) is 18.5 Å². The summed E-state index contributed by atoms with van der Waals surface area (Å²) in [4.78, 5) is 24.8. The van der Waals surface area contributed by atoms with Crippen LogP contribution in [0, 0.1) is 0 Å². The molecule has 0 radical (unpaired) electrons. The van der Waals surface area contributed by atoms with Gasteiger partial charge in [-0.1, -0.05) is 23.7 Å². The summed E-state index contributed by atoms with van der Waals surface area (Å²) in [6.07, 6.45) is 4.31. The largest absolute Gasteiger partial charge is 0.490 e. The maximum absolute atomic E-state index is 12.5. The molecule has 2 aliphatic rings. The van der Waals surface area contributed by atoms with Crippen molar-refractivity contribution in [3.05, 3.63) is 52.0 Å². The lowest BCUT2D eigenvalue weighted by atomic mass is 10.0. The van der Waals surface area contributed by atoms with Gasteiger partial charge in [0.15, 0.2) is 17.3 Å². The summed E-state index contributed by atoms with van der Waals surface area (Å²) in [5, 5.41) is 3.15. The molecular weight excluding hydrogens is 378 g/mol. The molecule has 0 unspecified atom stereocenters. The molecule has 146 valence electrons. The number of halogens is 1. The molecule has 2 aromatic carbocycles. The zero-order chi connectivity index (χ0) is 19.5. The van der Waals surface area contributed by atoms with E-state index in [1.807, 2.05) is 18.2 Å². The second-order valence-corrected chi connectivity index (χ2v) is 7.54. The van der Waals surface area contributed by atoms with Crippen LogP contribution in [0.2, 0.25) is 5.02 Å². The average molecular weight is 400 g/mol. The van der Waals surface area contributed by atoms with E-state index in [2.05, 4.69) is 5.32 Å². The molecule has 1 N–H and O–H groups in total. The highest BCUT2D eigenvalue weighted by molar-refractivity contribution is 6.34. The Balaban J connectivity index is 1.37. The number of aryl methyl sites for hydroxylation is 2. The van der Waals surface area contributed by atoms with Gasteiger partial charge in [-0.2, -0.15) is 0 Å². The summed E-state index contributed by atoms with van der Waals surface area (Å²) >= 11 is 6.25. The summed E-state index contributed by atoms with van der Waals surface area (Å²) in [6.45, 7) is 1.12. The van der Waals surface area contributed by atoms with Gasteiger partial charge in [-0.3, -0.25) is 9.59 Å². The maximum atomic E-state index is 12.5. The minimum absolute atomic E-state index is 0.0189. The smallest absolute Gasteiger partial charge is 0.224 e. The topological polar surface area (TPSA) is 64.6 Å². The Morgan fingerprint density at radius 2 is 1.68 bits per heavy atom. The van der Waals surface area contributed by atoms with Crippen LogP contribution in [0.1, 0.15) is 47.2 Å². The Bertz CT molecular complexity index is 925. The molecule has 0 bridgehead atoms. The van der Waals surface area contributed by atoms with Crippen molar-refractivity contribution in [2.24, 2.45) is 0 Å². The monoisotopic (exact) mass is 399 g/mol. The second-order valence-electron chi connectivity index (χ2n) is 7.14. The third-order valence-electron chi connectivity index (χ3n) is 5.11. The lowest BCUT2D eigenvalue weighted by Crippen LogP contribution is -2.14. The molecule has 1 heterocycles. The normalized spacial score (nSPS) is 14.9. The molecule has 0 atom stereocenters. The summed E-state index contributed by atoms with van der Waals surface area (Å²) < 4.78 is 11.2. The Hall–Kier alpha value is -2.53. The quantitative estimate of drug-likeness (QED) is 0.747. The highest BCUT2D eigenvalue weighted by Gasteiger charge is 2.17. The third-order valence-corrected chi connectivity index (χ3v) is 5.42. The van der Waals surface area contributed by atoms with Crippen molar-refractivity contribution in [2.45, 2.75) is 38.5 Å². The van der Waals surface area contributed by atoms with Gasteiger partial charge in [0.25, 0.3) is 0 Å². The van der Waals surface area contributed by atoms with Gasteiger partial charge in [0.05, 0.1) is 23.9 Å². The first-order valence-electron chi connectivity index (χ1n) is 9.64. The molecule has 0 saturated heterocycles.